The summed E-state index contributed by atoms with van der Waals surface area (Å²) in [5, 5.41) is 0. The maximum Gasteiger partial charge on any atom is -0.0225 e. The van der Waals surface area contributed by atoms with Crippen molar-refractivity contribution in [2.45, 2.75) is 34.1 Å². The molecular formula is C13H18. The SMILES string of the molecule is CC=C(CC)c1ccc(C)c(C)c1. The molecule has 0 heterocycles. The number of allylic oxidation sites excluding steroid dienone is 2. The highest BCUT2D eigenvalue weighted by Crippen LogP contribution is 2.20. The van der Waals surface area contributed by atoms with Gasteiger partial charge in [0.25, 0.3) is 0 Å². The molecule has 1 rings (SSSR count). The molecule has 0 nitrogen and oxygen atoms in total. The van der Waals surface area contributed by atoms with Crippen LogP contribution in [0.4, 0.5) is 0 Å². The van der Waals surface area contributed by atoms with Crippen LogP contribution in [0.1, 0.15) is 37.0 Å². The predicted octanol–water partition coefficient (Wildman–Crippen LogP) is 4.12. The molecule has 0 fully saturated rings. The summed E-state index contributed by atoms with van der Waals surface area (Å²) in [6, 6.07) is 6.68. The number of hydrogen-bond donors (Lipinski definition) is 0. The summed E-state index contributed by atoms with van der Waals surface area (Å²) < 4.78 is 0. The van der Waals surface area contributed by atoms with Crippen molar-refractivity contribution in [3.8, 4) is 0 Å². The van der Waals surface area contributed by atoms with Crippen LogP contribution in [0.25, 0.3) is 5.57 Å². The standard InChI is InChI=1S/C13H18/c1-5-12(6-2)13-8-7-10(3)11(4)9-13/h5,7-9H,6H2,1-4H3. The van der Waals surface area contributed by atoms with E-state index in [2.05, 4.69) is 52.0 Å². The van der Waals surface area contributed by atoms with Crippen molar-refractivity contribution < 1.29 is 0 Å². The Hall–Kier alpha value is -1.04. The van der Waals surface area contributed by atoms with Crippen LogP contribution in [0.5, 0.6) is 0 Å². The highest BCUT2D eigenvalue weighted by molar-refractivity contribution is 5.65. The molecule has 0 atom stereocenters. The predicted molar refractivity (Wildman–Crippen MR) is 59.9 cm³/mol. The summed E-state index contributed by atoms with van der Waals surface area (Å²) in [4.78, 5) is 0. The van der Waals surface area contributed by atoms with Crippen molar-refractivity contribution in [1.82, 2.24) is 0 Å². The molecule has 0 unspecified atom stereocenters. The molecule has 0 aliphatic carbocycles. The van der Waals surface area contributed by atoms with Gasteiger partial charge in [0.1, 0.15) is 0 Å². The quantitative estimate of drug-likeness (QED) is 0.632. The molecule has 1 aromatic rings. The minimum absolute atomic E-state index is 1.11. The van der Waals surface area contributed by atoms with Crippen LogP contribution < -0.4 is 0 Å². The molecule has 0 N–H and O–H groups in total. The summed E-state index contributed by atoms with van der Waals surface area (Å²) in [5.41, 5.74) is 5.55. The van der Waals surface area contributed by atoms with Crippen molar-refractivity contribution in [2.75, 3.05) is 0 Å². The molecule has 0 saturated carbocycles. The molecular weight excluding hydrogens is 156 g/mol. The van der Waals surface area contributed by atoms with E-state index in [4.69, 9.17) is 0 Å². The summed E-state index contributed by atoms with van der Waals surface area (Å²) in [5.74, 6) is 0. The number of benzene rings is 1. The fraction of sp³-hybridized carbons (Fsp3) is 0.385. The van der Waals surface area contributed by atoms with Gasteiger partial charge in [-0.05, 0) is 49.5 Å². The van der Waals surface area contributed by atoms with Crippen LogP contribution in [0.15, 0.2) is 24.3 Å². The number of hydrogen-bond acceptors (Lipinski definition) is 0. The first-order chi connectivity index (χ1) is 6.19. The van der Waals surface area contributed by atoms with Crippen LogP contribution >= 0.6 is 0 Å². The monoisotopic (exact) mass is 174 g/mol. The first-order valence-corrected chi connectivity index (χ1v) is 4.91. The zero-order valence-corrected chi connectivity index (χ0v) is 9.02. The van der Waals surface area contributed by atoms with Gasteiger partial charge in [-0.2, -0.15) is 0 Å². The van der Waals surface area contributed by atoms with Crippen molar-refractivity contribution in [3.05, 3.63) is 41.0 Å². The average molecular weight is 174 g/mol. The topological polar surface area (TPSA) is 0 Å². The number of aryl methyl sites for hydroxylation is 2. The Bertz CT molecular complexity index is 319. The van der Waals surface area contributed by atoms with Gasteiger partial charge in [0.05, 0.1) is 0 Å². The van der Waals surface area contributed by atoms with Gasteiger partial charge < -0.3 is 0 Å². The molecule has 0 aliphatic heterocycles. The summed E-state index contributed by atoms with van der Waals surface area (Å²) in [7, 11) is 0. The zero-order chi connectivity index (χ0) is 9.84. The van der Waals surface area contributed by atoms with Crippen LogP contribution in [0.2, 0.25) is 0 Å². The Balaban J connectivity index is 3.10. The molecule has 0 aliphatic rings. The zero-order valence-electron chi connectivity index (χ0n) is 9.02. The molecule has 13 heavy (non-hydrogen) atoms. The smallest absolute Gasteiger partial charge is 0.0225 e. The first-order valence-electron chi connectivity index (χ1n) is 4.91. The van der Waals surface area contributed by atoms with Crippen LogP contribution in [-0.2, 0) is 0 Å². The summed E-state index contributed by atoms with van der Waals surface area (Å²) in [6.45, 7) is 8.63. The Kier molecular flexibility index (Phi) is 3.30. The van der Waals surface area contributed by atoms with E-state index in [9.17, 15) is 0 Å². The van der Waals surface area contributed by atoms with E-state index in [-0.39, 0.29) is 0 Å². The fourth-order valence-electron chi connectivity index (χ4n) is 1.52. The van der Waals surface area contributed by atoms with E-state index in [0.717, 1.165) is 6.42 Å². The summed E-state index contributed by atoms with van der Waals surface area (Å²) in [6.07, 6.45) is 3.31. The van der Waals surface area contributed by atoms with Gasteiger partial charge in [-0.25, -0.2) is 0 Å². The Morgan fingerprint density at radius 2 is 1.92 bits per heavy atom. The molecule has 0 amide bonds. The molecule has 0 heteroatoms. The van der Waals surface area contributed by atoms with E-state index in [1.54, 1.807) is 0 Å². The maximum absolute atomic E-state index is 2.27. The van der Waals surface area contributed by atoms with Crippen LogP contribution in [0.3, 0.4) is 0 Å². The van der Waals surface area contributed by atoms with E-state index in [1.165, 1.54) is 22.3 Å². The Morgan fingerprint density at radius 1 is 1.23 bits per heavy atom. The second-order valence-electron chi connectivity index (χ2n) is 3.47. The highest BCUT2D eigenvalue weighted by Gasteiger charge is 1.99. The normalized spacial score (nSPS) is 11.8. The minimum Gasteiger partial charge on any atom is -0.0839 e. The second-order valence-corrected chi connectivity index (χ2v) is 3.47. The summed E-state index contributed by atoms with van der Waals surface area (Å²) >= 11 is 0. The van der Waals surface area contributed by atoms with Gasteiger partial charge >= 0.3 is 0 Å². The van der Waals surface area contributed by atoms with Gasteiger partial charge in [0, 0.05) is 0 Å². The molecule has 70 valence electrons. The van der Waals surface area contributed by atoms with E-state index in [0.29, 0.717) is 0 Å². The maximum atomic E-state index is 2.27. The fourth-order valence-corrected chi connectivity index (χ4v) is 1.52. The molecule has 0 saturated heterocycles. The van der Waals surface area contributed by atoms with E-state index >= 15 is 0 Å². The Labute approximate surface area is 81.3 Å². The molecule has 0 spiro atoms. The molecule has 0 aromatic heterocycles. The minimum atomic E-state index is 1.11. The van der Waals surface area contributed by atoms with Crippen LogP contribution in [-0.4, -0.2) is 0 Å². The largest absolute Gasteiger partial charge is 0.0839 e. The van der Waals surface area contributed by atoms with Crippen molar-refractivity contribution in [2.24, 2.45) is 0 Å². The highest BCUT2D eigenvalue weighted by atomic mass is 14.0. The van der Waals surface area contributed by atoms with Crippen molar-refractivity contribution in [3.63, 3.8) is 0 Å². The lowest BCUT2D eigenvalue weighted by Crippen LogP contribution is -1.86. The molecule has 0 radical (unpaired) electrons. The van der Waals surface area contributed by atoms with Gasteiger partial charge in [-0.15, -0.1) is 0 Å². The van der Waals surface area contributed by atoms with Crippen molar-refractivity contribution in [1.29, 1.82) is 0 Å². The van der Waals surface area contributed by atoms with Gasteiger partial charge in [-0.3, -0.25) is 0 Å². The third kappa shape index (κ3) is 2.21. The van der Waals surface area contributed by atoms with Gasteiger partial charge in [0.2, 0.25) is 0 Å². The third-order valence-corrected chi connectivity index (χ3v) is 2.61. The molecule has 0 bridgehead atoms. The van der Waals surface area contributed by atoms with Crippen molar-refractivity contribution >= 4 is 5.57 Å². The van der Waals surface area contributed by atoms with Gasteiger partial charge in [-0.1, -0.05) is 31.2 Å². The lowest BCUT2D eigenvalue weighted by Gasteiger charge is -2.07. The lowest BCUT2D eigenvalue weighted by atomic mass is 9.99. The number of rotatable bonds is 2. The van der Waals surface area contributed by atoms with E-state index in [1.807, 2.05) is 0 Å². The van der Waals surface area contributed by atoms with E-state index < -0.39 is 0 Å². The second kappa shape index (κ2) is 4.27. The first kappa shape index (κ1) is 10.0. The average Bonchev–Trinajstić information content (AvgIpc) is 2.13. The van der Waals surface area contributed by atoms with Gasteiger partial charge in [0.15, 0.2) is 0 Å². The molecule has 1 aromatic carbocycles. The Morgan fingerprint density at radius 3 is 2.38 bits per heavy atom. The van der Waals surface area contributed by atoms with Crippen LogP contribution in [0, 0.1) is 13.8 Å². The third-order valence-electron chi connectivity index (χ3n) is 2.61. The lowest BCUT2D eigenvalue weighted by molar-refractivity contribution is 1.22.